The lowest BCUT2D eigenvalue weighted by molar-refractivity contribution is 0.0240. The highest BCUT2D eigenvalue weighted by atomic mass is 35.5. The Morgan fingerprint density at radius 2 is 1.69 bits per heavy atom. The number of rotatable bonds is 4. The van der Waals surface area contributed by atoms with E-state index in [-0.39, 0.29) is 18.2 Å². The smallest absolute Gasteiger partial charge is 0.410 e. The molecule has 4 heterocycles. The van der Waals surface area contributed by atoms with Gasteiger partial charge < -0.3 is 24.8 Å². The fraction of sp³-hybridized carbons (Fsp3) is 0.400. The van der Waals surface area contributed by atoms with Crippen LogP contribution in [0, 0.1) is 0 Å². The first kappa shape index (κ1) is 28.4. The van der Waals surface area contributed by atoms with E-state index in [4.69, 9.17) is 32.9 Å². The molecule has 1 N–H and O–H groups in total. The molecule has 0 saturated carbocycles. The maximum absolute atomic E-state index is 13.7. The van der Waals surface area contributed by atoms with E-state index in [2.05, 4.69) is 20.1 Å². The Morgan fingerprint density at radius 3 is 2.36 bits per heavy atom. The number of piperazine rings is 1. The SMILES string of the molecule is CC(C)(C)OC(=O)N1CCN(c2ccc(Nc3ncc4c(n3)N3CCCC3N(c3c(Cl)cccc3Cl)C4=O)cc2)CC1. The van der Waals surface area contributed by atoms with Crippen molar-refractivity contribution < 1.29 is 14.3 Å². The van der Waals surface area contributed by atoms with Crippen molar-refractivity contribution in [2.24, 2.45) is 0 Å². The number of nitrogens with one attached hydrogen (secondary N) is 1. The monoisotopic (exact) mass is 609 g/mol. The average molecular weight is 611 g/mol. The number of anilines is 5. The molecule has 6 rings (SSSR count). The normalized spacial score (nSPS) is 18.6. The van der Waals surface area contributed by atoms with Crippen LogP contribution < -0.4 is 20.0 Å². The van der Waals surface area contributed by atoms with Gasteiger partial charge in [-0.3, -0.25) is 9.69 Å². The molecule has 1 aromatic heterocycles. The molecule has 0 aliphatic carbocycles. The van der Waals surface area contributed by atoms with Crippen molar-refractivity contribution in [3.8, 4) is 0 Å². The van der Waals surface area contributed by atoms with E-state index in [9.17, 15) is 9.59 Å². The number of hydrogen-bond donors (Lipinski definition) is 1. The highest BCUT2D eigenvalue weighted by Gasteiger charge is 2.43. The van der Waals surface area contributed by atoms with E-state index in [1.165, 1.54) is 0 Å². The first-order chi connectivity index (χ1) is 20.1. The molecule has 42 heavy (non-hydrogen) atoms. The molecular formula is C30H33Cl2N7O3. The molecule has 2 aromatic carbocycles. The maximum Gasteiger partial charge on any atom is 0.410 e. The fourth-order valence-corrected chi connectivity index (χ4v) is 6.24. The standard InChI is InChI=1S/C30H33Cl2N7O3/c1-30(2,3)42-29(41)37-16-14-36(15-17-37)20-11-9-19(10-12-20)34-28-33-18-21-26(35-28)38-13-5-8-24(38)39(27(21)40)25-22(31)6-4-7-23(25)32/h4,6-7,9-12,18,24H,5,8,13-17H2,1-3H3,(H,33,34,35). The van der Waals surface area contributed by atoms with Gasteiger partial charge in [0.05, 0.1) is 15.7 Å². The second kappa shape index (κ2) is 11.1. The second-order valence-electron chi connectivity index (χ2n) is 11.6. The lowest BCUT2D eigenvalue weighted by Gasteiger charge is -2.41. The minimum absolute atomic E-state index is 0.217. The summed E-state index contributed by atoms with van der Waals surface area (Å²) < 4.78 is 5.50. The van der Waals surface area contributed by atoms with Crippen LogP contribution in [0.3, 0.4) is 0 Å². The fourth-order valence-electron chi connectivity index (χ4n) is 5.66. The summed E-state index contributed by atoms with van der Waals surface area (Å²) in [5.74, 6) is 0.805. The zero-order valence-electron chi connectivity index (χ0n) is 23.8. The molecular weight excluding hydrogens is 577 g/mol. The Kier molecular flexibility index (Phi) is 7.53. The van der Waals surface area contributed by atoms with Crippen LogP contribution in [0.25, 0.3) is 0 Å². The molecule has 220 valence electrons. The second-order valence-corrected chi connectivity index (χ2v) is 12.4. The largest absolute Gasteiger partial charge is 0.444 e. The predicted molar refractivity (Wildman–Crippen MR) is 165 cm³/mol. The lowest BCUT2D eigenvalue weighted by atomic mass is 10.1. The number of ether oxygens (including phenoxy) is 1. The first-order valence-corrected chi connectivity index (χ1v) is 14.9. The molecule has 2 fully saturated rings. The third-order valence-electron chi connectivity index (χ3n) is 7.61. The van der Waals surface area contributed by atoms with Crippen molar-refractivity contribution in [2.75, 3.05) is 52.7 Å². The molecule has 3 aromatic rings. The summed E-state index contributed by atoms with van der Waals surface area (Å²) in [6, 6.07) is 13.3. The molecule has 12 heteroatoms. The number of nitrogens with zero attached hydrogens (tertiary/aromatic N) is 6. The van der Waals surface area contributed by atoms with Gasteiger partial charge in [0.1, 0.15) is 23.1 Å². The quantitative estimate of drug-likeness (QED) is 0.375. The zero-order chi connectivity index (χ0) is 29.6. The number of amides is 2. The Bertz CT molecular complexity index is 1480. The van der Waals surface area contributed by atoms with Gasteiger partial charge in [-0.25, -0.2) is 9.78 Å². The summed E-state index contributed by atoms with van der Waals surface area (Å²) in [7, 11) is 0. The van der Waals surface area contributed by atoms with E-state index in [1.807, 2.05) is 45.0 Å². The van der Waals surface area contributed by atoms with E-state index in [0.717, 1.165) is 43.9 Å². The molecule has 0 spiro atoms. The number of hydrogen-bond acceptors (Lipinski definition) is 8. The van der Waals surface area contributed by atoms with Gasteiger partial charge in [0.2, 0.25) is 5.95 Å². The van der Waals surface area contributed by atoms with Crippen LogP contribution in [0.5, 0.6) is 0 Å². The highest BCUT2D eigenvalue weighted by Crippen LogP contribution is 2.43. The Balaban J connectivity index is 1.15. The molecule has 2 amide bonds. The summed E-state index contributed by atoms with van der Waals surface area (Å²) in [6.07, 6.45) is 2.77. The van der Waals surface area contributed by atoms with Crippen LogP contribution in [-0.2, 0) is 4.74 Å². The number of halogens is 2. The van der Waals surface area contributed by atoms with Crippen LogP contribution in [0.4, 0.5) is 33.6 Å². The predicted octanol–water partition coefficient (Wildman–Crippen LogP) is 6.17. The number of fused-ring (bicyclic) bond motifs is 3. The van der Waals surface area contributed by atoms with Crippen molar-refractivity contribution in [2.45, 2.75) is 45.4 Å². The van der Waals surface area contributed by atoms with Crippen molar-refractivity contribution in [3.63, 3.8) is 0 Å². The summed E-state index contributed by atoms with van der Waals surface area (Å²) >= 11 is 13.0. The van der Waals surface area contributed by atoms with Gasteiger partial charge in [-0.05, 0) is 70.0 Å². The number of carbonyl (C=O) groups is 2. The van der Waals surface area contributed by atoms with Crippen molar-refractivity contribution >= 4 is 64.0 Å². The molecule has 2 saturated heterocycles. The highest BCUT2D eigenvalue weighted by molar-refractivity contribution is 6.40. The summed E-state index contributed by atoms with van der Waals surface area (Å²) in [5.41, 5.74) is 2.32. The van der Waals surface area contributed by atoms with E-state index in [0.29, 0.717) is 46.2 Å². The Labute approximate surface area is 255 Å². The van der Waals surface area contributed by atoms with Gasteiger partial charge >= 0.3 is 6.09 Å². The maximum atomic E-state index is 13.7. The Morgan fingerprint density at radius 1 is 1.00 bits per heavy atom. The molecule has 1 atom stereocenters. The molecule has 1 unspecified atom stereocenters. The summed E-state index contributed by atoms with van der Waals surface area (Å²) in [6.45, 7) is 9.05. The van der Waals surface area contributed by atoms with Gasteiger partial charge in [-0.2, -0.15) is 4.98 Å². The van der Waals surface area contributed by atoms with Crippen molar-refractivity contribution in [1.29, 1.82) is 0 Å². The Hall–Kier alpha value is -3.76. The van der Waals surface area contributed by atoms with Gasteiger partial charge in [0.15, 0.2) is 0 Å². The molecule has 3 aliphatic rings. The van der Waals surface area contributed by atoms with E-state index < -0.39 is 5.60 Å². The van der Waals surface area contributed by atoms with Crippen LogP contribution in [0.1, 0.15) is 44.0 Å². The van der Waals surface area contributed by atoms with Crippen molar-refractivity contribution in [3.05, 3.63) is 64.3 Å². The number of para-hydroxylation sites is 1. The van der Waals surface area contributed by atoms with E-state index in [1.54, 1.807) is 34.2 Å². The summed E-state index contributed by atoms with van der Waals surface area (Å²) in [4.78, 5) is 43.1. The van der Waals surface area contributed by atoms with Crippen LogP contribution in [0.15, 0.2) is 48.7 Å². The van der Waals surface area contributed by atoms with Crippen molar-refractivity contribution in [1.82, 2.24) is 14.9 Å². The number of carbonyl (C=O) groups excluding carboxylic acids is 2. The third-order valence-corrected chi connectivity index (χ3v) is 8.22. The number of aromatic nitrogens is 2. The molecule has 3 aliphatic heterocycles. The minimum atomic E-state index is -0.504. The molecule has 10 nitrogen and oxygen atoms in total. The van der Waals surface area contributed by atoms with Gasteiger partial charge in [-0.1, -0.05) is 29.3 Å². The zero-order valence-corrected chi connectivity index (χ0v) is 25.3. The van der Waals surface area contributed by atoms with Crippen LogP contribution >= 0.6 is 23.2 Å². The molecule has 0 radical (unpaired) electrons. The van der Waals surface area contributed by atoms with E-state index >= 15 is 0 Å². The minimum Gasteiger partial charge on any atom is -0.444 e. The lowest BCUT2D eigenvalue weighted by Crippen LogP contribution is -2.53. The van der Waals surface area contributed by atoms with Gasteiger partial charge in [-0.15, -0.1) is 0 Å². The van der Waals surface area contributed by atoms with Crippen LogP contribution in [0.2, 0.25) is 10.0 Å². The van der Waals surface area contributed by atoms with Crippen LogP contribution in [-0.4, -0.2) is 71.4 Å². The first-order valence-electron chi connectivity index (χ1n) is 14.1. The van der Waals surface area contributed by atoms with Gasteiger partial charge in [0, 0.05) is 50.3 Å². The topological polar surface area (TPSA) is 94.1 Å². The third kappa shape index (κ3) is 5.53. The number of benzene rings is 2. The summed E-state index contributed by atoms with van der Waals surface area (Å²) in [5, 5.41) is 4.14. The van der Waals surface area contributed by atoms with Gasteiger partial charge in [0.25, 0.3) is 5.91 Å². The molecule has 0 bridgehead atoms. The average Bonchev–Trinajstić information content (AvgIpc) is 3.44.